The van der Waals surface area contributed by atoms with Crippen molar-refractivity contribution in [3.05, 3.63) is 0 Å². The predicted molar refractivity (Wildman–Crippen MR) is 40.6 cm³/mol. The first-order valence-electron chi connectivity index (χ1n) is 2.37. The third-order valence-corrected chi connectivity index (χ3v) is 2.91. The minimum Gasteiger partial charge on any atom is -0.374 e. The van der Waals surface area contributed by atoms with Crippen LogP contribution in [-0.4, -0.2) is 25.1 Å². The van der Waals surface area contributed by atoms with Crippen LogP contribution in [0.2, 0.25) is 0 Å². The topological polar surface area (TPSA) is 20.2 Å². The van der Waals surface area contributed by atoms with Crippen LogP contribution >= 0.6 is 8.15 Å². The average molecular weight is 131 g/mol. The monoisotopic (exact) mass is 131 g/mol. The van der Waals surface area contributed by atoms with Gasteiger partial charge in [0.1, 0.15) is 0 Å². The molecule has 8 heavy (non-hydrogen) atoms. The minimum absolute atomic E-state index is 0. The summed E-state index contributed by atoms with van der Waals surface area (Å²) < 4.78 is 0. The van der Waals surface area contributed by atoms with Crippen LogP contribution in [0.5, 0.6) is 0 Å². The molecule has 3 heteroatoms. The van der Waals surface area contributed by atoms with Gasteiger partial charge in [-0.15, -0.1) is 0 Å². The average Bonchev–Trinajstić information content (AvgIpc) is 1.31. The summed E-state index contributed by atoms with van der Waals surface area (Å²) in [6.07, 6.45) is 0. The van der Waals surface area contributed by atoms with E-state index >= 15 is 0 Å². The molecule has 3 radical (unpaired) electrons. The van der Waals surface area contributed by atoms with Crippen molar-refractivity contribution in [3.63, 3.8) is 0 Å². The Morgan fingerprint density at radius 3 is 1.38 bits per heavy atom. The molecule has 0 aliphatic carbocycles. The Kier molecular flexibility index (Phi) is 4.90. The van der Waals surface area contributed by atoms with E-state index in [2.05, 4.69) is 0 Å². The maximum Gasteiger partial charge on any atom is 0.0274 e. The molecule has 0 spiro atoms. The van der Waals surface area contributed by atoms with E-state index in [1.165, 1.54) is 0 Å². The second-order valence-corrected chi connectivity index (χ2v) is 5.08. The molecule has 0 aliphatic rings. The normalized spacial score (nSPS) is 14.6. The van der Waals surface area contributed by atoms with E-state index in [1.807, 2.05) is 27.4 Å². The largest absolute Gasteiger partial charge is 0.374 e. The predicted octanol–water partition coefficient (Wildman–Crippen LogP) is 1.42. The third-order valence-electron chi connectivity index (χ3n) is 0.971. The van der Waals surface area contributed by atoms with Gasteiger partial charge in [-0.3, -0.25) is 0 Å². The van der Waals surface area contributed by atoms with Crippen LogP contribution in [0.1, 0.15) is 20.8 Å². The fraction of sp³-hybridized carbons (Fsp3) is 1.00. The number of hydrogen-bond donors (Lipinski definition) is 1. The van der Waals surface area contributed by atoms with Crippen LogP contribution in [0.3, 0.4) is 0 Å². The lowest BCUT2D eigenvalue weighted by molar-refractivity contribution is 0.584. The highest BCUT2D eigenvalue weighted by Crippen LogP contribution is 2.40. The van der Waals surface area contributed by atoms with Gasteiger partial charge in [0.25, 0.3) is 0 Å². The molecule has 0 rings (SSSR count). The summed E-state index contributed by atoms with van der Waals surface area (Å²) in [4.78, 5) is 8.95. The Hall–Kier alpha value is 0.455. The van der Waals surface area contributed by atoms with Crippen LogP contribution in [0.25, 0.3) is 0 Å². The summed E-state index contributed by atoms with van der Waals surface area (Å²) in [6.45, 7) is 7.99. The highest BCUT2D eigenvalue weighted by molar-refractivity contribution is 7.52. The first-order chi connectivity index (χ1) is 2.94. The summed E-state index contributed by atoms with van der Waals surface area (Å²) >= 11 is 0. The van der Waals surface area contributed by atoms with E-state index in [-0.39, 0.29) is 13.6 Å². The van der Waals surface area contributed by atoms with Gasteiger partial charge in [0.2, 0.25) is 0 Å². The number of rotatable bonds is 0. The van der Waals surface area contributed by atoms with Crippen LogP contribution in [0, 0.1) is 0 Å². The summed E-state index contributed by atoms with van der Waals surface area (Å²) in [5, 5.41) is 0.120. The lowest BCUT2D eigenvalue weighted by atomic mass is 10.3. The van der Waals surface area contributed by atoms with Gasteiger partial charge < -0.3 is 4.89 Å². The van der Waals surface area contributed by atoms with Crippen molar-refractivity contribution in [2.45, 2.75) is 25.9 Å². The van der Waals surface area contributed by atoms with E-state index < -0.39 is 8.15 Å². The van der Waals surface area contributed by atoms with E-state index in [1.54, 1.807) is 0 Å². The smallest absolute Gasteiger partial charge is 0.0274 e. The standard InChI is InChI=1S/C5H13OP.B/c1-5(2,3)7(4)6;/h6H,1-4H3;. The Labute approximate surface area is 54.9 Å². The fourth-order valence-corrected chi connectivity index (χ4v) is 0. The van der Waals surface area contributed by atoms with Crippen LogP contribution < -0.4 is 0 Å². The van der Waals surface area contributed by atoms with Gasteiger partial charge in [-0.1, -0.05) is 20.8 Å². The highest BCUT2D eigenvalue weighted by atomic mass is 31.1. The van der Waals surface area contributed by atoms with Crippen molar-refractivity contribution in [3.8, 4) is 0 Å². The molecule has 0 amide bonds. The second kappa shape index (κ2) is 3.47. The van der Waals surface area contributed by atoms with E-state index in [0.29, 0.717) is 0 Å². The molecule has 0 saturated heterocycles. The molecule has 1 N–H and O–H groups in total. The van der Waals surface area contributed by atoms with Crippen LogP contribution in [0.15, 0.2) is 0 Å². The molecule has 0 bridgehead atoms. The van der Waals surface area contributed by atoms with Crippen molar-refractivity contribution < 1.29 is 4.89 Å². The van der Waals surface area contributed by atoms with Gasteiger partial charge in [0.05, 0.1) is 0 Å². The van der Waals surface area contributed by atoms with Crippen molar-refractivity contribution in [2.24, 2.45) is 0 Å². The Bertz CT molecular complexity index is 57.9. The van der Waals surface area contributed by atoms with Gasteiger partial charge >= 0.3 is 0 Å². The molecule has 0 aromatic heterocycles. The van der Waals surface area contributed by atoms with E-state index in [4.69, 9.17) is 4.89 Å². The Morgan fingerprint density at radius 2 is 1.38 bits per heavy atom. The highest BCUT2D eigenvalue weighted by Gasteiger charge is 2.16. The maximum absolute atomic E-state index is 8.95. The quantitative estimate of drug-likeness (QED) is 0.389. The van der Waals surface area contributed by atoms with Gasteiger partial charge in [-0.2, -0.15) is 0 Å². The molecule has 1 atom stereocenters. The SMILES string of the molecule is CP(O)C(C)(C)C.[B]. The molecule has 1 unspecified atom stereocenters. The summed E-state index contributed by atoms with van der Waals surface area (Å²) in [7, 11) is -0.742. The first-order valence-corrected chi connectivity index (χ1v) is 4.11. The zero-order valence-electron chi connectivity index (χ0n) is 5.97. The summed E-state index contributed by atoms with van der Waals surface area (Å²) in [5.41, 5.74) is 0. The second-order valence-electron chi connectivity index (χ2n) is 2.69. The molecule has 0 heterocycles. The molecule has 47 valence electrons. The molecular formula is C5H13BOP. The molecule has 0 aromatic rings. The Balaban J connectivity index is 0. The Morgan fingerprint density at radius 1 is 1.25 bits per heavy atom. The number of hydrogen-bond acceptors (Lipinski definition) is 1. The molecule has 0 saturated carbocycles. The van der Waals surface area contributed by atoms with E-state index in [0.717, 1.165) is 0 Å². The van der Waals surface area contributed by atoms with Crippen molar-refractivity contribution in [1.29, 1.82) is 0 Å². The van der Waals surface area contributed by atoms with Crippen molar-refractivity contribution in [2.75, 3.05) is 6.66 Å². The molecule has 0 aliphatic heterocycles. The zero-order chi connectivity index (χ0) is 6.08. The van der Waals surface area contributed by atoms with Crippen LogP contribution in [0.4, 0.5) is 0 Å². The van der Waals surface area contributed by atoms with Gasteiger partial charge in [-0.25, -0.2) is 0 Å². The lowest BCUT2D eigenvalue weighted by Gasteiger charge is -2.20. The van der Waals surface area contributed by atoms with Crippen molar-refractivity contribution >= 4 is 16.6 Å². The zero-order valence-corrected chi connectivity index (χ0v) is 6.87. The fourth-order valence-electron chi connectivity index (χ4n) is 0. The van der Waals surface area contributed by atoms with Crippen LogP contribution in [-0.2, 0) is 0 Å². The maximum atomic E-state index is 8.95. The molecule has 0 aromatic carbocycles. The summed E-state index contributed by atoms with van der Waals surface area (Å²) in [5.74, 6) is 0. The first kappa shape index (κ1) is 11.3. The molecule has 0 fully saturated rings. The van der Waals surface area contributed by atoms with Gasteiger partial charge in [-0.05, 0) is 6.66 Å². The molecule has 1 nitrogen and oxygen atoms in total. The third kappa shape index (κ3) is 4.61. The molecular weight excluding hydrogens is 118 g/mol. The minimum atomic E-state index is -0.742. The van der Waals surface area contributed by atoms with Crippen molar-refractivity contribution in [1.82, 2.24) is 0 Å². The summed E-state index contributed by atoms with van der Waals surface area (Å²) in [6, 6.07) is 0. The van der Waals surface area contributed by atoms with Gasteiger partial charge in [0.15, 0.2) is 0 Å². The van der Waals surface area contributed by atoms with E-state index in [9.17, 15) is 0 Å². The lowest BCUT2D eigenvalue weighted by Crippen LogP contribution is -2.09. The van der Waals surface area contributed by atoms with Gasteiger partial charge in [0, 0.05) is 21.7 Å².